The summed E-state index contributed by atoms with van der Waals surface area (Å²) in [4.78, 5) is 18.6. The van der Waals surface area contributed by atoms with Crippen LogP contribution in [0.5, 0.6) is 0 Å². The van der Waals surface area contributed by atoms with Crippen molar-refractivity contribution in [3.63, 3.8) is 0 Å². The average molecular weight is 282 g/mol. The van der Waals surface area contributed by atoms with Crippen LogP contribution >= 0.6 is 11.3 Å². The van der Waals surface area contributed by atoms with Gasteiger partial charge < -0.3 is 10.0 Å². The average Bonchev–Trinajstić information content (AvgIpc) is 2.85. The summed E-state index contributed by atoms with van der Waals surface area (Å²) in [6.45, 7) is 5.79. The first-order valence-corrected chi connectivity index (χ1v) is 7.86. The van der Waals surface area contributed by atoms with E-state index < -0.39 is 5.97 Å². The molecule has 1 fully saturated rings. The molecule has 1 aliphatic rings. The molecule has 5 heteroatoms. The van der Waals surface area contributed by atoms with Gasteiger partial charge in [0.15, 0.2) is 0 Å². The molecule has 106 valence electrons. The number of aliphatic carboxylic acids is 1. The van der Waals surface area contributed by atoms with Gasteiger partial charge in [-0.25, -0.2) is 4.98 Å². The van der Waals surface area contributed by atoms with Gasteiger partial charge in [-0.2, -0.15) is 0 Å². The number of nitrogens with zero attached hydrogens (tertiary/aromatic N) is 2. The Morgan fingerprint density at radius 2 is 2.26 bits per heavy atom. The molecule has 1 saturated heterocycles. The lowest BCUT2D eigenvalue weighted by molar-refractivity contribution is -0.136. The monoisotopic (exact) mass is 282 g/mol. The van der Waals surface area contributed by atoms with E-state index in [2.05, 4.69) is 16.8 Å². The number of thiazole rings is 1. The van der Waals surface area contributed by atoms with Crippen molar-refractivity contribution in [2.45, 2.75) is 39.0 Å². The van der Waals surface area contributed by atoms with Crippen molar-refractivity contribution >= 4 is 17.3 Å². The molecular formula is C14H22N2O2S. The van der Waals surface area contributed by atoms with Gasteiger partial charge >= 0.3 is 5.97 Å². The molecule has 0 aromatic carbocycles. The molecule has 0 amide bonds. The molecule has 2 rings (SSSR count). The molecular weight excluding hydrogens is 260 g/mol. The molecule has 1 aliphatic heterocycles. The number of hydrogen-bond donors (Lipinski definition) is 1. The maximum Gasteiger partial charge on any atom is 0.303 e. The lowest BCUT2D eigenvalue weighted by atomic mass is 9.94. The Bertz CT molecular complexity index is 411. The second-order valence-electron chi connectivity index (χ2n) is 5.20. The van der Waals surface area contributed by atoms with Crippen molar-refractivity contribution in [1.29, 1.82) is 0 Å². The van der Waals surface area contributed by atoms with Gasteiger partial charge in [-0.3, -0.25) is 4.79 Å². The Labute approximate surface area is 118 Å². The number of aryl methyl sites for hydroxylation is 1. The maximum absolute atomic E-state index is 10.5. The number of carboxylic acid groups (broad SMARTS) is 1. The molecule has 0 saturated carbocycles. The van der Waals surface area contributed by atoms with Crippen molar-refractivity contribution in [3.05, 3.63) is 16.1 Å². The first-order valence-electron chi connectivity index (χ1n) is 7.05. The van der Waals surface area contributed by atoms with E-state index in [1.165, 1.54) is 30.9 Å². The second kappa shape index (κ2) is 7.01. The van der Waals surface area contributed by atoms with Crippen molar-refractivity contribution < 1.29 is 9.90 Å². The Morgan fingerprint density at radius 1 is 1.53 bits per heavy atom. The molecule has 0 spiro atoms. The highest BCUT2D eigenvalue weighted by atomic mass is 32.1. The van der Waals surface area contributed by atoms with Crippen LogP contribution < -0.4 is 0 Å². The van der Waals surface area contributed by atoms with E-state index in [0.29, 0.717) is 6.42 Å². The normalized spacial score (nSPS) is 17.7. The highest BCUT2D eigenvalue weighted by Gasteiger charge is 2.19. The Balaban J connectivity index is 1.78. The van der Waals surface area contributed by atoms with Gasteiger partial charge in [0.1, 0.15) is 0 Å². The minimum atomic E-state index is -0.734. The van der Waals surface area contributed by atoms with Crippen molar-refractivity contribution in [3.8, 4) is 0 Å². The summed E-state index contributed by atoms with van der Waals surface area (Å²) < 4.78 is 0. The lowest BCUT2D eigenvalue weighted by Crippen LogP contribution is -2.33. The first kappa shape index (κ1) is 14.5. The molecule has 2 heterocycles. The van der Waals surface area contributed by atoms with E-state index in [9.17, 15) is 4.79 Å². The Hall–Kier alpha value is -0.940. The fraction of sp³-hybridized carbons (Fsp3) is 0.714. The molecule has 19 heavy (non-hydrogen) atoms. The lowest BCUT2D eigenvalue weighted by Gasteiger charge is -2.30. The third kappa shape index (κ3) is 4.58. The van der Waals surface area contributed by atoms with Gasteiger partial charge in [-0.1, -0.05) is 6.92 Å². The minimum Gasteiger partial charge on any atom is -0.481 e. The van der Waals surface area contributed by atoms with Gasteiger partial charge in [0.25, 0.3) is 0 Å². The van der Waals surface area contributed by atoms with E-state index in [1.54, 1.807) is 11.3 Å². The summed E-state index contributed by atoms with van der Waals surface area (Å²) in [7, 11) is 0. The van der Waals surface area contributed by atoms with Gasteiger partial charge in [-0.05, 0) is 44.8 Å². The van der Waals surface area contributed by atoms with Crippen LogP contribution in [-0.2, 0) is 17.6 Å². The molecule has 4 nitrogen and oxygen atoms in total. The van der Waals surface area contributed by atoms with Crippen molar-refractivity contribution in [2.24, 2.45) is 5.92 Å². The molecule has 1 aromatic rings. The van der Waals surface area contributed by atoms with E-state index in [0.717, 1.165) is 23.8 Å². The number of piperidine rings is 1. The van der Waals surface area contributed by atoms with Crippen LogP contribution in [0.25, 0.3) is 0 Å². The highest BCUT2D eigenvalue weighted by Crippen LogP contribution is 2.24. The third-order valence-corrected chi connectivity index (χ3v) is 4.88. The summed E-state index contributed by atoms with van der Waals surface area (Å²) >= 11 is 1.69. The molecule has 1 aromatic heterocycles. The third-order valence-electron chi connectivity index (χ3n) is 3.80. The Morgan fingerprint density at radius 3 is 2.89 bits per heavy atom. The van der Waals surface area contributed by atoms with Crippen molar-refractivity contribution in [2.75, 3.05) is 19.6 Å². The number of carbonyl (C=O) groups is 1. The van der Waals surface area contributed by atoms with Gasteiger partial charge in [0.2, 0.25) is 0 Å². The maximum atomic E-state index is 10.5. The SMILES string of the molecule is CCN1CCC(Cc2ncc(CCC(=O)O)s2)CC1. The summed E-state index contributed by atoms with van der Waals surface area (Å²) in [5.41, 5.74) is 0. The number of hydrogen-bond acceptors (Lipinski definition) is 4. The molecule has 0 atom stereocenters. The summed E-state index contributed by atoms with van der Waals surface area (Å²) in [6, 6.07) is 0. The number of rotatable bonds is 6. The zero-order chi connectivity index (χ0) is 13.7. The summed E-state index contributed by atoms with van der Waals surface area (Å²) in [6.07, 6.45) is 6.26. The molecule has 1 N–H and O–H groups in total. The van der Waals surface area contributed by atoms with Gasteiger partial charge in [0.05, 0.1) is 11.4 Å². The van der Waals surface area contributed by atoms with E-state index >= 15 is 0 Å². The van der Waals surface area contributed by atoms with Crippen LogP contribution in [0.15, 0.2) is 6.20 Å². The summed E-state index contributed by atoms with van der Waals surface area (Å²) in [5.74, 6) is 0.0168. The quantitative estimate of drug-likeness (QED) is 0.870. The topological polar surface area (TPSA) is 53.4 Å². The molecule has 0 unspecified atom stereocenters. The van der Waals surface area contributed by atoms with E-state index in [4.69, 9.17) is 5.11 Å². The molecule has 0 bridgehead atoms. The largest absolute Gasteiger partial charge is 0.481 e. The van der Waals surface area contributed by atoms with Crippen LogP contribution in [0.1, 0.15) is 36.1 Å². The standard InChI is InChI=1S/C14H22N2O2S/c1-2-16-7-5-11(6-8-16)9-13-15-10-12(19-13)3-4-14(17)18/h10-11H,2-9H2,1H3,(H,17,18). The van der Waals surface area contributed by atoms with Crippen LogP contribution in [0.3, 0.4) is 0 Å². The second-order valence-corrected chi connectivity index (χ2v) is 6.40. The number of aromatic nitrogens is 1. The molecule has 0 radical (unpaired) electrons. The molecule has 0 aliphatic carbocycles. The predicted molar refractivity (Wildman–Crippen MR) is 76.6 cm³/mol. The number of carboxylic acids is 1. The van der Waals surface area contributed by atoms with Crippen LogP contribution in [0.2, 0.25) is 0 Å². The predicted octanol–water partition coefficient (Wildman–Crippen LogP) is 2.43. The zero-order valence-electron chi connectivity index (χ0n) is 11.5. The number of likely N-dealkylation sites (tertiary alicyclic amines) is 1. The highest BCUT2D eigenvalue weighted by molar-refractivity contribution is 7.11. The van der Waals surface area contributed by atoms with Crippen LogP contribution in [0, 0.1) is 5.92 Å². The van der Waals surface area contributed by atoms with Crippen molar-refractivity contribution in [1.82, 2.24) is 9.88 Å². The minimum absolute atomic E-state index is 0.205. The van der Waals surface area contributed by atoms with E-state index in [-0.39, 0.29) is 6.42 Å². The van der Waals surface area contributed by atoms with E-state index in [1.807, 2.05) is 6.20 Å². The van der Waals surface area contributed by atoms with Gasteiger partial charge in [-0.15, -0.1) is 11.3 Å². The van der Waals surface area contributed by atoms with Gasteiger partial charge in [0, 0.05) is 17.5 Å². The zero-order valence-corrected chi connectivity index (χ0v) is 12.3. The fourth-order valence-electron chi connectivity index (χ4n) is 2.54. The van der Waals surface area contributed by atoms with Crippen LogP contribution in [0.4, 0.5) is 0 Å². The smallest absolute Gasteiger partial charge is 0.303 e. The van der Waals surface area contributed by atoms with Crippen LogP contribution in [-0.4, -0.2) is 40.6 Å². The summed E-state index contributed by atoms with van der Waals surface area (Å²) in [5, 5.41) is 9.85. The Kier molecular flexibility index (Phi) is 5.34. The fourth-order valence-corrected chi connectivity index (χ4v) is 3.58. The first-order chi connectivity index (χ1) is 9.17.